The number of nitrogens with zero attached hydrogens (tertiary/aromatic N) is 2. The summed E-state index contributed by atoms with van der Waals surface area (Å²) in [5.41, 5.74) is 2.48. The van der Waals surface area contributed by atoms with Crippen LogP contribution in [0, 0.1) is 13.8 Å². The van der Waals surface area contributed by atoms with Gasteiger partial charge in [0.15, 0.2) is 0 Å². The number of aryl methyl sites for hydroxylation is 2. The van der Waals surface area contributed by atoms with Crippen LogP contribution in [-0.4, -0.2) is 46.3 Å². The zero-order valence-corrected chi connectivity index (χ0v) is 15.1. The third-order valence-corrected chi connectivity index (χ3v) is 4.90. The van der Waals surface area contributed by atoms with Crippen LogP contribution in [-0.2, 0) is 6.54 Å². The van der Waals surface area contributed by atoms with Crippen LogP contribution >= 0.6 is 11.6 Å². The normalized spacial score (nSPS) is 21.3. The van der Waals surface area contributed by atoms with Crippen molar-refractivity contribution in [1.82, 2.24) is 15.4 Å². The zero-order valence-electron chi connectivity index (χ0n) is 14.3. The van der Waals surface area contributed by atoms with E-state index in [1.165, 1.54) is 0 Å². The third-order valence-electron chi connectivity index (χ3n) is 4.65. The molecule has 25 heavy (non-hydrogen) atoms. The van der Waals surface area contributed by atoms with Gasteiger partial charge in [-0.15, -0.1) is 0 Å². The summed E-state index contributed by atoms with van der Waals surface area (Å²) in [6.45, 7) is 5.78. The van der Waals surface area contributed by atoms with Crippen LogP contribution in [0.25, 0.3) is 0 Å². The van der Waals surface area contributed by atoms with Gasteiger partial charge in [0.2, 0.25) is 0 Å². The number of amides is 1. The number of piperidine rings is 1. The summed E-state index contributed by atoms with van der Waals surface area (Å²) >= 11 is 5.84. The first-order valence-electron chi connectivity index (χ1n) is 8.32. The minimum atomic E-state index is -0.620. The fourth-order valence-electron chi connectivity index (χ4n) is 3.11. The molecular formula is C18H22ClN3O3. The second-order valence-corrected chi connectivity index (χ2v) is 6.92. The molecule has 2 aromatic rings. The van der Waals surface area contributed by atoms with Crippen LogP contribution in [0.3, 0.4) is 0 Å². The second kappa shape index (κ2) is 7.56. The molecule has 1 aliphatic rings. The number of β-amino-alcohol motifs (C(OH)–C–C–N with tert-alkyl or cyclic N) is 1. The highest BCUT2D eigenvalue weighted by atomic mass is 35.5. The Bertz CT molecular complexity index is 725. The number of rotatable bonds is 4. The predicted molar refractivity (Wildman–Crippen MR) is 94.6 cm³/mol. The topological polar surface area (TPSA) is 78.6 Å². The van der Waals surface area contributed by atoms with Gasteiger partial charge in [-0.05, 0) is 44.5 Å². The maximum atomic E-state index is 12.3. The van der Waals surface area contributed by atoms with Crippen LogP contribution in [0.1, 0.15) is 33.8 Å². The van der Waals surface area contributed by atoms with Gasteiger partial charge in [0.25, 0.3) is 5.91 Å². The summed E-state index contributed by atoms with van der Waals surface area (Å²) in [5.74, 6) is 0.616. The van der Waals surface area contributed by atoms with Gasteiger partial charge in [-0.2, -0.15) is 0 Å². The highest BCUT2D eigenvalue weighted by molar-refractivity contribution is 6.30. The number of benzene rings is 1. The lowest BCUT2D eigenvalue weighted by Crippen LogP contribution is -2.53. The molecule has 1 aliphatic heterocycles. The van der Waals surface area contributed by atoms with Gasteiger partial charge in [-0.3, -0.25) is 9.69 Å². The molecule has 0 bridgehead atoms. The molecule has 1 amide bonds. The minimum absolute atomic E-state index is 0.195. The van der Waals surface area contributed by atoms with Crippen LogP contribution in [0.5, 0.6) is 0 Å². The molecule has 1 aromatic heterocycles. The van der Waals surface area contributed by atoms with Crippen molar-refractivity contribution in [2.24, 2.45) is 0 Å². The lowest BCUT2D eigenvalue weighted by atomic mass is 10.0. The fourth-order valence-corrected chi connectivity index (χ4v) is 3.24. The molecule has 2 heterocycles. The highest BCUT2D eigenvalue weighted by Gasteiger charge is 2.29. The van der Waals surface area contributed by atoms with Crippen molar-refractivity contribution in [3.8, 4) is 0 Å². The summed E-state index contributed by atoms with van der Waals surface area (Å²) in [7, 11) is 0. The Morgan fingerprint density at radius 2 is 2.12 bits per heavy atom. The monoisotopic (exact) mass is 363 g/mol. The molecule has 0 spiro atoms. The molecule has 2 unspecified atom stereocenters. The van der Waals surface area contributed by atoms with Gasteiger partial charge in [-0.1, -0.05) is 16.8 Å². The van der Waals surface area contributed by atoms with Gasteiger partial charge >= 0.3 is 0 Å². The van der Waals surface area contributed by atoms with E-state index in [0.717, 1.165) is 23.6 Å². The Morgan fingerprint density at radius 1 is 1.40 bits per heavy atom. The largest absolute Gasteiger partial charge is 0.390 e. The molecule has 6 nitrogen and oxygen atoms in total. The first-order chi connectivity index (χ1) is 11.9. The van der Waals surface area contributed by atoms with Crippen LogP contribution in [0.15, 0.2) is 28.8 Å². The average molecular weight is 364 g/mol. The molecule has 0 radical (unpaired) electrons. The van der Waals surface area contributed by atoms with Crippen LogP contribution in [0.4, 0.5) is 0 Å². The first-order valence-corrected chi connectivity index (χ1v) is 8.70. The van der Waals surface area contributed by atoms with Gasteiger partial charge in [0.1, 0.15) is 5.76 Å². The molecule has 1 fully saturated rings. The van der Waals surface area contributed by atoms with E-state index in [2.05, 4.69) is 15.4 Å². The van der Waals surface area contributed by atoms with E-state index in [-0.39, 0.29) is 11.9 Å². The Morgan fingerprint density at radius 3 is 2.72 bits per heavy atom. The van der Waals surface area contributed by atoms with E-state index in [1.807, 2.05) is 13.8 Å². The average Bonchev–Trinajstić information content (AvgIpc) is 2.90. The number of carbonyl (C=O) groups is 1. The van der Waals surface area contributed by atoms with E-state index in [4.69, 9.17) is 16.1 Å². The predicted octanol–water partition coefficient (Wildman–Crippen LogP) is 2.31. The first kappa shape index (κ1) is 17.9. The van der Waals surface area contributed by atoms with Crippen LogP contribution < -0.4 is 5.32 Å². The maximum Gasteiger partial charge on any atom is 0.251 e. The van der Waals surface area contributed by atoms with Crippen molar-refractivity contribution >= 4 is 17.5 Å². The number of carbonyl (C=O) groups excluding carboxylic acids is 1. The fraction of sp³-hybridized carbons (Fsp3) is 0.444. The summed E-state index contributed by atoms with van der Waals surface area (Å²) in [6.07, 6.45) is 0.0645. The van der Waals surface area contributed by atoms with Crippen molar-refractivity contribution in [2.75, 3.05) is 13.1 Å². The van der Waals surface area contributed by atoms with Gasteiger partial charge in [0, 0.05) is 35.8 Å². The van der Waals surface area contributed by atoms with Gasteiger partial charge in [0.05, 0.1) is 17.8 Å². The molecule has 2 N–H and O–H groups in total. The number of hydrogen-bond acceptors (Lipinski definition) is 5. The van der Waals surface area contributed by atoms with Gasteiger partial charge in [-0.25, -0.2) is 0 Å². The Hall–Kier alpha value is -1.89. The Kier molecular flexibility index (Phi) is 5.42. The third kappa shape index (κ3) is 4.21. The Labute approximate surface area is 151 Å². The van der Waals surface area contributed by atoms with Crippen molar-refractivity contribution in [3.63, 3.8) is 0 Å². The van der Waals surface area contributed by atoms with E-state index in [9.17, 15) is 9.90 Å². The number of likely N-dealkylation sites (tertiary alicyclic amines) is 1. The molecule has 3 rings (SSSR count). The second-order valence-electron chi connectivity index (χ2n) is 6.48. The molecule has 1 saturated heterocycles. The number of halogens is 1. The lowest BCUT2D eigenvalue weighted by Gasteiger charge is -2.36. The zero-order chi connectivity index (χ0) is 18.0. The minimum Gasteiger partial charge on any atom is -0.390 e. The Balaban J connectivity index is 1.56. The lowest BCUT2D eigenvalue weighted by molar-refractivity contribution is 0.0347. The molecule has 7 heteroatoms. The standard InChI is InChI=1S/C18H22ClN3O3/c1-11-15(12(2)25-21-11)9-22-8-7-16(17(23)10-22)20-18(24)13-3-5-14(19)6-4-13/h3-6,16-17,23H,7-10H2,1-2H3,(H,20,24). The maximum absolute atomic E-state index is 12.3. The van der Waals surface area contributed by atoms with E-state index >= 15 is 0 Å². The smallest absolute Gasteiger partial charge is 0.251 e. The molecule has 0 aliphatic carbocycles. The quantitative estimate of drug-likeness (QED) is 0.871. The van der Waals surface area contributed by atoms with Crippen molar-refractivity contribution in [3.05, 3.63) is 51.9 Å². The SMILES string of the molecule is Cc1noc(C)c1CN1CCC(NC(=O)c2ccc(Cl)cc2)C(O)C1. The van der Waals surface area contributed by atoms with Crippen molar-refractivity contribution < 1.29 is 14.4 Å². The highest BCUT2D eigenvalue weighted by Crippen LogP contribution is 2.19. The molecule has 134 valence electrons. The molecule has 1 aromatic carbocycles. The van der Waals surface area contributed by atoms with E-state index < -0.39 is 6.10 Å². The summed E-state index contributed by atoms with van der Waals surface area (Å²) in [6, 6.07) is 6.45. The number of aliphatic hydroxyl groups excluding tert-OH is 1. The van der Waals surface area contributed by atoms with Crippen LogP contribution in [0.2, 0.25) is 5.02 Å². The van der Waals surface area contributed by atoms with E-state index in [0.29, 0.717) is 30.1 Å². The number of aliphatic hydroxyl groups is 1. The summed E-state index contributed by atoms with van der Waals surface area (Å²) in [5, 5.41) is 17.9. The van der Waals surface area contributed by atoms with E-state index in [1.54, 1.807) is 24.3 Å². The summed E-state index contributed by atoms with van der Waals surface area (Å²) in [4.78, 5) is 14.5. The number of hydrogen-bond donors (Lipinski definition) is 2. The molecular weight excluding hydrogens is 342 g/mol. The van der Waals surface area contributed by atoms with Crippen molar-refractivity contribution in [1.29, 1.82) is 0 Å². The van der Waals surface area contributed by atoms with Crippen molar-refractivity contribution in [2.45, 2.75) is 39.0 Å². The summed E-state index contributed by atoms with van der Waals surface area (Å²) < 4.78 is 5.19. The molecule has 0 saturated carbocycles. The molecule has 2 atom stereocenters. The number of nitrogens with one attached hydrogen (secondary N) is 1. The number of aromatic nitrogens is 1. The van der Waals surface area contributed by atoms with Gasteiger partial charge < -0.3 is 14.9 Å².